The summed E-state index contributed by atoms with van der Waals surface area (Å²) in [7, 11) is 0. The van der Waals surface area contributed by atoms with Gasteiger partial charge in [0.05, 0.1) is 6.61 Å². The normalized spacial score (nSPS) is 13.7. The van der Waals surface area contributed by atoms with Crippen LogP contribution in [0.5, 0.6) is 5.75 Å². The van der Waals surface area contributed by atoms with Crippen molar-refractivity contribution in [2.75, 3.05) is 6.61 Å². The molecule has 2 atom stereocenters. The monoisotopic (exact) mass is 296 g/mol. The van der Waals surface area contributed by atoms with E-state index in [1.54, 1.807) is 24.3 Å². The molecule has 0 saturated heterocycles. The molecule has 0 spiro atoms. The standard InChI is InChI=1S/C16H24O5/c1-2-3-4-5-6-11-21-13-9-7-12(8-10-13)14(17)15(18)16(19)20/h7-10,14-15,17-18H,2-6,11H2,1H3,(H,19,20). The molecule has 2 unspecified atom stereocenters. The van der Waals surface area contributed by atoms with Crippen LogP contribution in [0.15, 0.2) is 24.3 Å². The quantitative estimate of drug-likeness (QED) is 0.577. The van der Waals surface area contributed by atoms with Crippen LogP contribution in [0.25, 0.3) is 0 Å². The largest absolute Gasteiger partial charge is 0.494 e. The highest BCUT2D eigenvalue weighted by Crippen LogP contribution is 2.21. The fourth-order valence-corrected chi connectivity index (χ4v) is 1.97. The molecule has 0 aromatic heterocycles. The van der Waals surface area contributed by atoms with E-state index in [2.05, 4.69) is 6.92 Å². The summed E-state index contributed by atoms with van der Waals surface area (Å²) in [6.45, 7) is 2.82. The Kier molecular flexibility index (Phi) is 7.79. The Labute approximate surface area is 125 Å². The van der Waals surface area contributed by atoms with Crippen molar-refractivity contribution >= 4 is 5.97 Å². The van der Waals surface area contributed by atoms with Crippen molar-refractivity contribution in [3.63, 3.8) is 0 Å². The van der Waals surface area contributed by atoms with Crippen LogP contribution in [-0.2, 0) is 4.79 Å². The number of ether oxygens (including phenoxy) is 1. The van der Waals surface area contributed by atoms with Gasteiger partial charge in [0.25, 0.3) is 0 Å². The predicted octanol–water partition coefficient (Wildman–Crippen LogP) is 2.51. The lowest BCUT2D eigenvalue weighted by atomic mass is 10.0. The SMILES string of the molecule is CCCCCCCOc1ccc(C(O)C(O)C(=O)O)cc1. The van der Waals surface area contributed by atoms with Gasteiger partial charge in [0.15, 0.2) is 6.10 Å². The third kappa shape index (κ3) is 6.14. The number of carboxylic acids is 1. The van der Waals surface area contributed by atoms with E-state index < -0.39 is 18.2 Å². The van der Waals surface area contributed by atoms with Crippen molar-refractivity contribution in [2.24, 2.45) is 0 Å². The molecule has 0 saturated carbocycles. The summed E-state index contributed by atoms with van der Waals surface area (Å²) < 4.78 is 5.57. The summed E-state index contributed by atoms with van der Waals surface area (Å²) in [5.74, 6) is -0.777. The Balaban J connectivity index is 2.38. The highest BCUT2D eigenvalue weighted by atomic mass is 16.5. The van der Waals surface area contributed by atoms with E-state index in [4.69, 9.17) is 9.84 Å². The summed E-state index contributed by atoms with van der Waals surface area (Å²) in [5.41, 5.74) is 0.347. The molecule has 0 fully saturated rings. The van der Waals surface area contributed by atoms with Crippen LogP contribution in [0.4, 0.5) is 0 Å². The zero-order valence-electron chi connectivity index (χ0n) is 12.4. The number of aliphatic hydroxyl groups excluding tert-OH is 2. The molecule has 118 valence electrons. The Morgan fingerprint density at radius 1 is 1.10 bits per heavy atom. The Morgan fingerprint density at radius 3 is 2.29 bits per heavy atom. The van der Waals surface area contributed by atoms with Gasteiger partial charge in [-0.15, -0.1) is 0 Å². The first-order valence-corrected chi connectivity index (χ1v) is 7.38. The number of carboxylic acid groups (broad SMARTS) is 1. The summed E-state index contributed by atoms with van der Waals surface area (Å²) >= 11 is 0. The van der Waals surface area contributed by atoms with E-state index in [9.17, 15) is 15.0 Å². The number of aliphatic hydroxyl groups is 2. The van der Waals surface area contributed by atoms with Gasteiger partial charge in [-0.05, 0) is 24.1 Å². The van der Waals surface area contributed by atoms with Crippen molar-refractivity contribution in [3.8, 4) is 5.75 Å². The first kappa shape index (κ1) is 17.5. The lowest BCUT2D eigenvalue weighted by molar-refractivity contribution is -0.153. The molecule has 1 rings (SSSR count). The minimum atomic E-state index is -1.82. The van der Waals surface area contributed by atoms with Gasteiger partial charge in [0.2, 0.25) is 0 Å². The van der Waals surface area contributed by atoms with E-state index in [0.717, 1.165) is 12.8 Å². The summed E-state index contributed by atoms with van der Waals surface area (Å²) in [5, 5.41) is 27.6. The van der Waals surface area contributed by atoms with Crippen LogP contribution in [-0.4, -0.2) is 34.0 Å². The van der Waals surface area contributed by atoms with E-state index >= 15 is 0 Å². The fraction of sp³-hybridized carbons (Fsp3) is 0.562. The third-order valence-corrected chi connectivity index (χ3v) is 3.29. The minimum Gasteiger partial charge on any atom is -0.494 e. The average Bonchev–Trinajstić information content (AvgIpc) is 2.49. The van der Waals surface area contributed by atoms with Crippen molar-refractivity contribution in [1.29, 1.82) is 0 Å². The molecule has 21 heavy (non-hydrogen) atoms. The van der Waals surface area contributed by atoms with Gasteiger partial charge in [0.1, 0.15) is 11.9 Å². The number of aliphatic carboxylic acids is 1. The molecule has 0 aliphatic heterocycles. The number of hydrogen-bond acceptors (Lipinski definition) is 4. The van der Waals surface area contributed by atoms with Crippen LogP contribution in [0.2, 0.25) is 0 Å². The molecule has 5 nitrogen and oxygen atoms in total. The predicted molar refractivity (Wildman–Crippen MR) is 79.3 cm³/mol. The van der Waals surface area contributed by atoms with Crippen molar-refractivity contribution in [3.05, 3.63) is 29.8 Å². The maximum atomic E-state index is 10.6. The van der Waals surface area contributed by atoms with Crippen molar-refractivity contribution < 1.29 is 24.9 Å². The van der Waals surface area contributed by atoms with Gasteiger partial charge < -0.3 is 20.1 Å². The minimum absolute atomic E-state index is 0.347. The molecule has 0 bridgehead atoms. The molecule has 0 amide bonds. The lowest BCUT2D eigenvalue weighted by Crippen LogP contribution is -2.27. The van der Waals surface area contributed by atoms with Crippen molar-refractivity contribution in [2.45, 2.75) is 51.2 Å². The van der Waals surface area contributed by atoms with Crippen LogP contribution < -0.4 is 4.74 Å². The van der Waals surface area contributed by atoms with Gasteiger partial charge in [-0.3, -0.25) is 0 Å². The molecular weight excluding hydrogens is 272 g/mol. The molecular formula is C16H24O5. The number of unbranched alkanes of at least 4 members (excludes halogenated alkanes) is 4. The molecule has 1 aromatic carbocycles. The molecule has 0 heterocycles. The Morgan fingerprint density at radius 2 is 1.71 bits per heavy atom. The lowest BCUT2D eigenvalue weighted by Gasteiger charge is -2.14. The smallest absolute Gasteiger partial charge is 0.335 e. The van der Waals surface area contributed by atoms with E-state index in [0.29, 0.717) is 17.9 Å². The summed E-state index contributed by atoms with van der Waals surface area (Å²) in [4.78, 5) is 10.6. The first-order chi connectivity index (χ1) is 10.1. The maximum Gasteiger partial charge on any atom is 0.335 e. The summed E-state index contributed by atoms with van der Waals surface area (Å²) in [6.07, 6.45) is 2.57. The van der Waals surface area contributed by atoms with Crippen LogP contribution in [0.1, 0.15) is 50.7 Å². The number of hydrogen-bond donors (Lipinski definition) is 3. The molecule has 0 aliphatic rings. The fourth-order valence-electron chi connectivity index (χ4n) is 1.97. The van der Waals surface area contributed by atoms with Crippen LogP contribution in [0, 0.1) is 0 Å². The molecule has 0 aliphatic carbocycles. The average molecular weight is 296 g/mol. The maximum absolute atomic E-state index is 10.6. The molecule has 5 heteroatoms. The number of rotatable bonds is 10. The Hall–Kier alpha value is -1.59. The molecule has 1 aromatic rings. The third-order valence-electron chi connectivity index (χ3n) is 3.29. The summed E-state index contributed by atoms with van der Waals surface area (Å²) in [6, 6.07) is 6.45. The van der Waals surface area contributed by atoms with Crippen LogP contribution >= 0.6 is 0 Å². The Bertz CT molecular complexity index is 415. The van der Waals surface area contributed by atoms with E-state index in [1.165, 1.54) is 19.3 Å². The zero-order chi connectivity index (χ0) is 15.7. The second kappa shape index (κ2) is 9.37. The second-order valence-electron chi connectivity index (χ2n) is 5.06. The number of benzene rings is 1. The van der Waals surface area contributed by atoms with Gasteiger partial charge in [0, 0.05) is 0 Å². The van der Waals surface area contributed by atoms with E-state index in [-0.39, 0.29) is 0 Å². The zero-order valence-corrected chi connectivity index (χ0v) is 12.4. The molecule has 3 N–H and O–H groups in total. The first-order valence-electron chi connectivity index (χ1n) is 7.38. The van der Waals surface area contributed by atoms with Gasteiger partial charge in [-0.25, -0.2) is 4.79 Å². The van der Waals surface area contributed by atoms with E-state index in [1.807, 2.05) is 0 Å². The van der Waals surface area contributed by atoms with Gasteiger partial charge in [-0.1, -0.05) is 44.7 Å². The van der Waals surface area contributed by atoms with Gasteiger partial charge in [-0.2, -0.15) is 0 Å². The van der Waals surface area contributed by atoms with Crippen molar-refractivity contribution in [1.82, 2.24) is 0 Å². The topological polar surface area (TPSA) is 87.0 Å². The van der Waals surface area contributed by atoms with Gasteiger partial charge >= 0.3 is 5.97 Å². The highest BCUT2D eigenvalue weighted by molar-refractivity contribution is 5.73. The highest BCUT2D eigenvalue weighted by Gasteiger charge is 2.24. The second-order valence-corrected chi connectivity index (χ2v) is 5.06. The van der Waals surface area contributed by atoms with Crippen LogP contribution in [0.3, 0.4) is 0 Å². The molecule has 0 radical (unpaired) electrons. The number of carbonyl (C=O) groups is 1.